The summed E-state index contributed by atoms with van der Waals surface area (Å²) in [5.74, 6) is 1.85. The van der Waals surface area contributed by atoms with Crippen molar-refractivity contribution in [1.29, 1.82) is 0 Å². The van der Waals surface area contributed by atoms with Gasteiger partial charge in [-0.3, -0.25) is 4.99 Å². The van der Waals surface area contributed by atoms with Crippen LogP contribution in [0.2, 0.25) is 0 Å². The summed E-state index contributed by atoms with van der Waals surface area (Å²) in [6.45, 7) is 2.65. The second kappa shape index (κ2) is 12.9. The Morgan fingerprint density at radius 3 is 2.50 bits per heavy atom. The van der Waals surface area contributed by atoms with Gasteiger partial charge in [0.25, 0.3) is 0 Å². The predicted molar refractivity (Wildman–Crippen MR) is 124 cm³/mol. The monoisotopic (exact) mass is 531 g/mol. The molecule has 0 aliphatic heterocycles. The largest absolute Gasteiger partial charge is 0.370 e. The van der Waals surface area contributed by atoms with Crippen molar-refractivity contribution in [2.45, 2.75) is 19.4 Å². The SMILES string of the molecule is CN=C(NCCCCNc1ccccn1)N(C)Cc1ccc(Br)cc1.I. The van der Waals surface area contributed by atoms with E-state index >= 15 is 0 Å². The molecule has 26 heavy (non-hydrogen) atoms. The molecule has 7 heteroatoms. The van der Waals surface area contributed by atoms with E-state index in [0.717, 1.165) is 48.7 Å². The van der Waals surface area contributed by atoms with E-state index in [4.69, 9.17) is 0 Å². The van der Waals surface area contributed by atoms with Crippen molar-refractivity contribution in [2.24, 2.45) is 4.99 Å². The first-order valence-corrected chi connectivity index (χ1v) is 9.29. The Balaban J connectivity index is 0.00000338. The van der Waals surface area contributed by atoms with Crippen molar-refractivity contribution in [2.75, 3.05) is 32.5 Å². The zero-order valence-corrected chi connectivity index (χ0v) is 19.2. The molecule has 0 aliphatic rings. The maximum Gasteiger partial charge on any atom is 0.193 e. The minimum absolute atomic E-state index is 0. The molecular formula is C19H27BrIN5. The number of aromatic nitrogens is 1. The molecule has 0 saturated heterocycles. The van der Waals surface area contributed by atoms with Gasteiger partial charge in [-0.05, 0) is 42.7 Å². The second-order valence-corrected chi connectivity index (χ2v) is 6.72. The van der Waals surface area contributed by atoms with Gasteiger partial charge in [-0.25, -0.2) is 4.98 Å². The molecule has 2 N–H and O–H groups in total. The summed E-state index contributed by atoms with van der Waals surface area (Å²) in [4.78, 5) is 10.7. The van der Waals surface area contributed by atoms with Crippen LogP contribution in [0.4, 0.5) is 5.82 Å². The average Bonchev–Trinajstić information content (AvgIpc) is 2.64. The standard InChI is InChI=1S/C19H26BrN5.HI/c1-21-19(25(2)15-16-8-10-17(20)11-9-16)24-14-6-5-13-23-18-7-3-4-12-22-18;/h3-4,7-12H,5-6,13-15H2,1-2H3,(H,21,24)(H,22,23);1H. The Bertz CT molecular complexity index is 649. The highest BCUT2D eigenvalue weighted by Gasteiger charge is 2.06. The molecule has 0 bridgehead atoms. The van der Waals surface area contributed by atoms with Crippen LogP contribution in [-0.2, 0) is 6.54 Å². The number of pyridine rings is 1. The van der Waals surface area contributed by atoms with Crippen molar-refractivity contribution in [3.8, 4) is 0 Å². The van der Waals surface area contributed by atoms with Crippen LogP contribution < -0.4 is 10.6 Å². The highest BCUT2D eigenvalue weighted by atomic mass is 127. The first kappa shape index (κ1) is 22.7. The van der Waals surface area contributed by atoms with E-state index in [9.17, 15) is 0 Å². The third-order valence-electron chi connectivity index (χ3n) is 3.76. The fraction of sp³-hybridized carbons (Fsp3) is 0.368. The van der Waals surface area contributed by atoms with Crippen LogP contribution in [0.3, 0.4) is 0 Å². The predicted octanol–water partition coefficient (Wildman–Crippen LogP) is 4.36. The second-order valence-electron chi connectivity index (χ2n) is 5.81. The van der Waals surface area contributed by atoms with Gasteiger partial charge in [0.15, 0.2) is 5.96 Å². The van der Waals surface area contributed by atoms with E-state index in [1.165, 1.54) is 5.56 Å². The maximum atomic E-state index is 4.36. The Morgan fingerprint density at radius 2 is 1.85 bits per heavy atom. The van der Waals surface area contributed by atoms with Gasteiger partial charge < -0.3 is 15.5 Å². The number of anilines is 1. The summed E-state index contributed by atoms with van der Waals surface area (Å²) >= 11 is 3.47. The van der Waals surface area contributed by atoms with Gasteiger partial charge in [-0.15, -0.1) is 24.0 Å². The van der Waals surface area contributed by atoms with E-state index in [1.54, 1.807) is 6.20 Å². The molecule has 0 spiro atoms. The Hall–Kier alpha value is -1.35. The lowest BCUT2D eigenvalue weighted by Crippen LogP contribution is -2.38. The molecule has 0 unspecified atom stereocenters. The molecule has 0 radical (unpaired) electrons. The zero-order valence-electron chi connectivity index (χ0n) is 15.3. The number of unbranched alkanes of at least 4 members (excludes halogenated alkanes) is 1. The molecule has 142 valence electrons. The normalized spacial score (nSPS) is 10.8. The number of benzene rings is 1. The minimum atomic E-state index is 0. The van der Waals surface area contributed by atoms with Crippen LogP contribution >= 0.6 is 39.9 Å². The number of hydrogen-bond donors (Lipinski definition) is 2. The molecule has 0 fully saturated rings. The zero-order chi connectivity index (χ0) is 17.9. The van der Waals surface area contributed by atoms with Gasteiger partial charge >= 0.3 is 0 Å². The van der Waals surface area contributed by atoms with Crippen molar-refractivity contribution in [3.05, 3.63) is 58.7 Å². The Kier molecular flexibility index (Phi) is 11.3. The summed E-state index contributed by atoms with van der Waals surface area (Å²) in [5, 5.41) is 6.75. The summed E-state index contributed by atoms with van der Waals surface area (Å²) in [5.41, 5.74) is 1.26. The molecule has 0 aliphatic carbocycles. The number of nitrogens with zero attached hydrogens (tertiary/aromatic N) is 3. The lowest BCUT2D eigenvalue weighted by Gasteiger charge is -2.22. The van der Waals surface area contributed by atoms with Gasteiger partial charge in [-0.1, -0.05) is 34.1 Å². The summed E-state index contributed by atoms with van der Waals surface area (Å²) in [7, 11) is 3.88. The fourth-order valence-electron chi connectivity index (χ4n) is 2.46. The number of rotatable bonds is 8. The van der Waals surface area contributed by atoms with Crippen LogP contribution in [0.1, 0.15) is 18.4 Å². The maximum absolute atomic E-state index is 4.36. The first-order valence-electron chi connectivity index (χ1n) is 8.50. The van der Waals surface area contributed by atoms with E-state index < -0.39 is 0 Å². The van der Waals surface area contributed by atoms with E-state index in [1.807, 2.05) is 25.2 Å². The fourth-order valence-corrected chi connectivity index (χ4v) is 2.72. The number of aliphatic imine (C=N–C) groups is 1. The third-order valence-corrected chi connectivity index (χ3v) is 4.29. The molecule has 2 rings (SSSR count). The Labute approximate surface area is 181 Å². The van der Waals surface area contributed by atoms with E-state index in [0.29, 0.717) is 0 Å². The van der Waals surface area contributed by atoms with Crippen LogP contribution in [0.25, 0.3) is 0 Å². The van der Waals surface area contributed by atoms with Gasteiger partial charge in [0.05, 0.1) is 0 Å². The summed E-state index contributed by atoms with van der Waals surface area (Å²) in [6, 6.07) is 14.3. The number of hydrogen-bond acceptors (Lipinski definition) is 3. The van der Waals surface area contributed by atoms with Crippen molar-refractivity contribution in [3.63, 3.8) is 0 Å². The molecule has 2 aromatic rings. The van der Waals surface area contributed by atoms with Gasteiger partial charge in [0.2, 0.25) is 0 Å². The van der Waals surface area contributed by atoms with Crippen LogP contribution in [0.15, 0.2) is 58.1 Å². The molecule has 0 atom stereocenters. The highest BCUT2D eigenvalue weighted by Crippen LogP contribution is 2.11. The number of guanidine groups is 1. The smallest absolute Gasteiger partial charge is 0.193 e. The quantitative estimate of drug-likeness (QED) is 0.230. The lowest BCUT2D eigenvalue weighted by molar-refractivity contribution is 0.475. The molecule has 1 heterocycles. The van der Waals surface area contributed by atoms with Gasteiger partial charge in [0.1, 0.15) is 5.82 Å². The van der Waals surface area contributed by atoms with Gasteiger partial charge in [0, 0.05) is 44.4 Å². The van der Waals surface area contributed by atoms with Crippen molar-refractivity contribution >= 4 is 51.7 Å². The number of nitrogens with one attached hydrogen (secondary N) is 2. The van der Waals surface area contributed by atoms with E-state index in [-0.39, 0.29) is 24.0 Å². The van der Waals surface area contributed by atoms with E-state index in [2.05, 4.69) is 72.8 Å². The van der Waals surface area contributed by atoms with Crippen molar-refractivity contribution in [1.82, 2.24) is 15.2 Å². The highest BCUT2D eigenvalue weighted by molar-refractivity contribution is 14.0. The third kappa shape index (κ3) is 8.35. The summed E-state index contributed by atoms with van der Waals surface area (Å²) in [6.07, 6.45) is 3.96. The Morgan fingerprint density at radius 1 is 1.12 bits per heavy atom. The molecule has 5 nitrogen and oxygen atoms in total. The number of halogens is 2. The molecular weight excluding hydrogens is 505 g/mol. The minimum Gasteiger partial charge on any atom is -0.370 e. The molecule has 1 aromatic carbocycles. The topological polar surface area (TPSA) is 52.6 Å². The van der Waals surface area contributed by atoms with Gasteiger partial charge in [-0.2, -0.15) is 0 Å². The molecule has 1 aromatic heterocycles. The average molecular weight is 532 g/mol. The lowest BCUT2D eigenvalue weighted by atomic mass is 10.2. The molecule has 0 amide bonds. The van der Waals surface area contributed by atoms with Crippen LogP contribution in [0, 0.1) is 0 Å². The van der Waals surface area contributed by atoms with Crippen LogP contribution in [0.5, 0.6) is 0 Å². The van der Waals surface area contributed by atoms with Crippen LogP contribution in [-0.4, -0.2) is 43.0 Å². The summed E-state index contributed by atoms with van der Waals surface area (Å²) < 4.78 is 1.10. The van der Waals surface area contributed by atoms with Crippen molar-refractivity contribution < 1.29 is 0 Å². The molecule has 0 saturated carbocycles. The first-order chi connectivity index (χ1) is 12.2.